The Kier molecular flexibility index (Phi) is 3.01. The zero-order chi connectivity index (χ0) is 12.4. The van der Waals surface area contributed by atoms with Crippen LogP contribution in [-0.4, -0.2) is 10.1 Å². The van der Waals surface area contributed by atoms with E-state index >= 15 is 0 Å². The second-order valence-electron chi connectivity index (χ2n) is 3.55. The molecule has 1 aromatic heterocycles. The van der Waals surface area contributed by atoms with E-state index in [4.69, 9.17) is 5.73 Å². The minimum atomic E-state index is -1.26. The molecule has 2 rings (SSSR count). The van der Waals surface area contributed by atoms with Gasteiger partial charge in [-0.1, -0.05) is 12.1 Å². The summed E-state index contributed by atoms with van der Waals surface area (Å²) in [4.78, 5) is 3.79. The Balaban J connectivity index is 2.44. The van der Waals surface area contributed by atoms with Crippen LogP contribution in [0.15, 0.2) is 36.5 Å². The van der Waals surface area contributed by atoms with E-state index in [1.807, 2.05) is 0 Å². The lowest BCUT2D eigenvalue weighted by molar-refractivity contribution is 0.215. The molecule has 5 heteroatoms. The van der Waals surface area contributed by atoms with Gasteiger partial charge in [0.05, 0.1) is 0 Å². The van der Waals surface area contributed by atoms with Crippen LogP contribution in [0.5, 0.6) is 0 Å². The fourth-order valence-corrected chi connectivity index (χ4v) is 1.55. The molecule has 2 aromatic rings. The number of anilines is 1. The molecular weight excluding hydrogens is 226 g/mol. The third-order valence-corrected chi connectivity index (χ3v) is 2.42. The zero-order valence-electron chi connectivity index (χ0n) is 8.77. The van der Waals surface area contributed by atoms with Gasteiger partial charge in [0, 0.05) is 23.4 Å². The highest BCUT2D eigenvalue weighted by atomic mass is 19.1. The molecule has 0 saturated heterocycles. The zero-order valence-corrected chi connectivity index (χ0v) is 8.77. The number of hydrogen-bond donors (Lipinski definition) is 2. The Bertz CT molecular complexity index is 546. The molecule has 1 aromatic carbocycles. The standard InChI is InChI=1S/C12H10F2N2O/c13-7-3-4-8(10(14)6-7)11(17)9-2-1-5-16-12(9)15/h1-6,11,17H,(H2,15,16). The lowest BCUT2D eigenvalue weighted by Gasteiger charge is -2.13. The van der Waals surface area contributed by atoms with Gasteiger partial charge in [0.15, 0.2) is 0 Å². The molecular formula is C12H10F2N2O. The number of hydrogen-bond acceptors (Lipinski definition) is 3. The number of benzene rings is 1. The van der Waals surface area contributed by atoms with Gasteiger partial charge in [0.25, 0.3) is 0 Å². The molecule has 0 aliphatic rings. The van der Waals surface area contributed by atoms with Crippen LogP contribution in [0.4, 0.5) is 14.6 Å². The highest BCUT2D eigenvalue weighted by Gasteiger charge is 2.17. The van der Waals surface area contributed by atoms with Crippen LogP contribution in [-0.2, 0) is 0 Å². The third-order valence-electron chi connectivity index (χ3n) is 2.42. The minimum Gasteiger partial charge on any atom is -0.383 e. The van der Waals surface area contributed by atoms with Crippen LogP contribution in [0, 0.1) is 11.6 Å². The van der Waals surface area contributed by atoms with Crippen LogP contribution in [0.25, 0.3) is 0 Å². The van der Waals surface area contributed by atoms with Gasteiger partial charge in [-0.05, 0) is 12.1 Å². The summed E-state index contributed by atoms with van der Waals surface area (Å²) in [6.07, 6.45) is 0.205. The molecule has 0 aliphatic carbocycles. The molecule has 0 radical (unpaired) electrons. The number of pyridine rings is 1. The largest absolute Gasteiger partial charge is 0.383 e. The molecule has 1 atom stereocenters. The number of aliphatic hydroxyl groups excluding tert-OH is 1. The Morgan fingerprint density at radius 3 is 2.59 bits per heavy atom. The maximum absolute atomic E-state index is 13.5. The molecule has 0 saturated carbocycles. The summed E-state index contributed by atoms with van der Waals surface area (Å²) < 4.78 is 26.2. The van der Waals surface area contributed by atoms with E-state index in [1.54, 1.807) is 6.07 Å². The quantitative estimate of drug-likeness (QED) is 0.838. The summed E-state index contributed by atoms with van der Waals surface area (Å²) in [6, 6.07) is 6.09. The van der Waals surface area contributed by atoms with Gasteiger partial charge in [0.2, 0.25) is 0 Å². The van der Waals surface area contributed by atoms with Crippen LogP contribution in [0.1, 0.15) is 17.2 Å². The topological polar surface area (TPSA) is 59.1 Å². The summed E-state index contributed by atoms with van der Waals surface area (Å²) in [6.45, 7) is 0. The maximum atomic E-state index is 13.5. The molecule has 0 bridgehead atoms. The van der Waals surface area contributed by atoms with Crippen molar-refractivity contribution in [3.05, 3.63) is 59.3 Å². The minimum absolute atomic E-state index is 0.0360. The number of aliphatic hydroxyl groups is 1. The lowest BCUT2D eigenvalue weighted by atomic mass is 10.0. The molecule has 0 spiro atoms. The summed E-state index contributed by atoms with van der Waals surface area (Å²) in [5, 5.41) is 9.96. The Morgan fingerprint density at radius 2 is 1.94 bits per heavy atom. The lowest BCUT2D eigenvalue weighted by Crippen LogP contribution is -2.07. The summed E-state index contributed by atoms with van der Waals surface area (Å²) in [5.74, 6) is -1.40. The number of nitrogens with zero attached hydrogens (tertiary/aromatic N) is 1. The number of nitrogens with two attached hydrogens (primary N) is 1. The van der Waals surface area contributed by atoms with Gasteiger partial charge >= 0.3 is 0 Å². The number of halogens is 2. The average Bonchev–Trinajstić information content (AvgIpc) is 2.29. The molecule has 17 heavy (non-hydrogen) atoms. The van der Waals surface area contributed by atoms with Crippen molar-refractivity contribution in [2.45, 2.75) is 6.10 Å². The second-order valence-corrected chi connectivity index (χ2v) is 3.55. The van der Waals surface area contributed by atoms with Crippen LogP contribution in [0.3, 0.4) is 0 Å². The number of nitrogen functional groups attached to an aromatic ring is 1. The molecule has 3 N–H and O–H groups in total. The Morgan fingerprint density at radius 1 is 1.18 bits per heavy atom. The van der Waals surface area contributed by atoms with Crippen molar-refractivity contribution in [1.29, 1.82) is 0 Å². The number of aromatic nitrogens is 1. The van der Waals surface area contributed by atoms with Crippen molar-refractivity contribution in [2.75, 3.05) is 5.73 Å². The van der Waals surface area contributed by atoms with Crippen molar-refractivity contribution in [3.63, 3.8) is 0 Å². The molecule has 1 unspecified atom stereocenters. The van der Waals surface area contributed by atoms with Gasteiger partial charge in [-0.2, -0.15) is 0 Å². The van der Waals surface area contributed by atoms with Gasteiger partial charge in [-0.3, -0.25) is 0 Å². The maximum Gasteiger partial charge on any atom is 0.132 e. The predicted molar refractivity (Wildman–Crippen MR) is 59.1 cm³/mol. The Hall–Kier alpha value is -2.01. The summed E-state index contributed by atoms with van der Waals surface area (Å²) in [5.41, 5.74) is 5.82. The average molecular weight is 236 g/mol. The van der Waals surface area contributed by atoms with Gasteiger partial charge in [0.1, 0.15) is 23.6 Å². The molecule has 0 fully saturated rings. The van der Waals surface area contributed by atoms with E-state index in [0.717, 1.165) is 6.07 Å². The van der Waals surface area contributed by atoms with Crippen LogP contribution in [0.2, 0.25) is 0 Å². The fraction of sp³-hybridized carbons (Fsp3) is 0.0833. The fourth-order valence-electron chi connectivity index (χ4n) is 1.55. The first kappa shape index (κ1) is 11.5. The van der Waals surface area contributed by atoms with Gasteiger partial charge < -0.3 is 10.8 Å². The van der Waals surface area contributed by atoms with E-state index < -0.39 is 17.7 Å². The monoisotopic (exact) mass is 236 g/mol. The molecule has 0 aliphatic heterocycles. The van der Waals surface area contributed by atoms with E-state index in [1.165, 1.54) is 18.3 Å². The van der Waals surface area contributed by atoms with Crippen molar-refractivity contribution in [2.24, 2.45) is 0 Å². The van der Waals surface area contributed by atoms with Crippen molar-refractivity contribution in [1.82, 2.24) is 4.98 Å². The smallest absolute Gasteiger partial charge is 0.132 e. The second kappa shape index (κ2) is 4.47. The van der Waals surface area contributed by atoms with E-state index in [-0.39, 0.29) is 16.9 Å². The third kappa shape index (κ3) is 2.24. The highest BCUT2D eigenvalue weighted by Crippen LogP contribution is 2.27. The van der Waals surface area contributed by atoms with Gasteiger partial charge in [-0.15, -0.1) is 0 Å². The summed E-state index contributed by atoms with van der Waals surface area (Å²) >= 11 is 0. The van der Waals surface area contributed by atoms with Crippen LogP contribution < -0.4 is 5.73 Å². The SMILES string of the molecule is Nc1ncccc1C(O)c1ccc(F)cc1F. The Labute approximate surface area is 96.5 Å². The van der Waals surface area contributed by atoms with Crippen molar-refractivity contribution >= 4 is 5.82 Å². The van der Waals surface area contributed by atoms with Gasteiger partial charge in [-0.25, -0.2) is 13.8 Å². The molecule has 1 heterocycles. The molecule has 88 valence electrons. The first-order chi connectivity index (χ1) is 8.09. The highest BCUT2D eigenvalue weighted by molar-refractivity contribution is 5.44. The predicted octanol–water partition coefficient (Wildman–Crippen LogP) is 2.02. The van der Waals surface area contributed by atoms with Crippen LogP contribution >= 0.6 is 0 Å². The first-order valence-electron chi connectivity index (χ1n) is 4.93. The summed E-state index contributed by atoms with van der Waals surface area (Å²) in [7, 11) is 0. The van der Waals surface area contributed by atoms with E-state index in [0.29, 0.717) is 6.07 Å². The van der Waals surface area contributed by atoms with Crippen molar-refractivity contribution in [3.8, 4) is 0 Å². The normalized spacial score (nSPS) is 12.4. The molecule has 3 nitrogen and oxygen atoms in total. The van der Waals surface area contributed by atoms with E-state index in [9.17, 15) is 13.9 Å². The number of rotatable bonds is 2. The van der Waals surface area contributed by atoms with Crippen molar-refractivity contribution < 1.29 is 13.9 Å². The first-order valence-corrected chi connectivity index (χ1v) is 4.93. The van der Waals surface area contributed by atoms with E-state index in [2.05, 4.69) is 4.98 Å². The molecule has 0 amide bonds.